The molecule has 0 saturated carbocycles. The fourth-order valence-electron chi connectivity index (χ4n) is 2.34. The molecule has 2 heterocycles. The Morgan fingerprint density at radius 3 is 2.91 bits per heavy atom. The Morgan fingerprint density at radius 1 is 1.36 bits per heavy atom. The van der Waals surface area contributed by atoms with E-state index in [-0.39, 0.29) is 11.9 Å². The Bertz CT molecular complexity index is 671. The zero-order valence-corrected chi connectivity index (χ0v) is 14.1. The summed E-state index contributed by atoms with van der Waals surface area (Å²) in [6.07, 6.45) is 0.703. The van der Waals surface area contributed by atoms with E-state index >= 15 is 0 Å². The number of hydrogen-bond acceptors (Lipinski definition) is 6. The first-order chi connectivity index (χ1) is 10.6. The van der Waals surface area contributed by atoms with Crippen molar-refractivity contribution < 1.29 is 4.79 Å². The van der Waals surface area contributed by atoms with Crippen LogP contribution in [0.2, 0.25) is 0 Å². The molecule has 1 aromatic carbocycles. The van der Waals surface area contributed by atoms with Crippen LogP contribution in [0.25, 0.3) is 0 Å². The van der Waals surface area contributed by atoms with Gasteiger partial charge in [-0.25, -0.2) is 0 Å². The van der Waals surface area contributed by atoms with Crippen LogP contribution >= 0.6 is 23.1 Å². The van der Waals surface area contributed by atoms with Gasteiger partial charge >= 0.3 is 0 Å². The number of anilines is 1. The maximum atomic E-state index is 12.4. The number of fused-ring (bicyclic) bond motifs is 1. The smallest absolute Gasteiger partial charge is 0.243 e. The lowest BCUT2D eigenvalue weighted by atomic mass is 9.95. The van der Waals surface area contributed by atoms with Crippen LogP contribution < -0.4 is 10.6 Å². The third-order valence-electron chi connectivity index (χ3n) is 3.37. The molecule has 1 aliphatic heterocycles. The molecule has 0 bridgehead atoms. The Morgan fingerprint density at radius 2 is 2.14 bits per heavy atom. The van der Waals surface area contributed by atoms with E-state index in [0.29, 0.717) is 16.8 Å². The van der Waals surface area contributed by atoms with Gasteiger partial charge in [0.15, 0.2) is 4.34 Å². The summed E-state index contributed by atoms with van der Waals surface area (Å²) in [5.41, 5.74) is 2.49. The molecule has 22 heavy (non-hydrogen) atoms. The maximum Gasteiger partial charge on any atom is 0.243 e. The van der Waals surface area contributed by atoms with Gasteiger partial charge in [-0.2, -0.15) is 0 Å². The second-order valence-corrected chi connectivity index (χ2v) is 8.24. The Hall–Kier alpha value is -1.44. The molecule has 0 fully saturated rings. The Labute approximate surface area is 137 Å². The third-order valence-corrected chi connectivity index (χ3v) is 5.30. The van der Waals surface area contributed by atoms with E-state index in [0.717, 1.165) is 10.9 Å². The van der Waals surface area contributed by atoms with Crippen LogP contribution in [0.5, 0.6) is 0 Å². The van der Waals surface area contributed by atoms with Gasteiger partial charge in [0.2, 0.25) is 11.0 Å². The lowest BCUT2D eigenvalue weighted by molar-refractivity contribution is -0.118. The van der Waals surface area contributed by atoms with E-state index in [4.69, 9.17) is 0 Å². The van der Waals surface area contributed by atoms with Crippen molar-refractivity contribution in [2.75, 3.05) is 5.32 Å². The molecule has 5 nitrogen and oxygen atoms in total. The van der Waals surface area contributed by atoms with Gasteiger partial charge in [-0.3, -0.25) is 10.1 Å². The van der Waals surface area contributed by atoms with Crippen LogP contribution in [0, 0.1) is 0 Å². The molecule has 2 aromatic rings. The molecule has 7 heteroatoms. The summed E-state index contributed by atoms with van der Waals surface area (Å²) >= 11 is 3.07. The zero-order chi connectivity index (χ0) is 15.5. The summed E-state index contributed by atoms with van der Waals surface area (Å²) in [6, 6.07) is 7.99. The zero-order valence-electron chi connectivity index (χ0n) is 12.5. The van der Waals surface area contributed by atoms with Crippen LogP contribution in [-0.2, 0) is 17.8 Å². The van der Waals surface area contributed by atoms with E-state index in [1.54, 1.807) is 11.8 Å². The first-order valence-corrected chi connectivity index (χ1v) is 8.92. The molecule has 3 rings (SSSR count). The number of carbonyl (C=O) groups is 1. The first kappa shape index (κ1) is 15.5. The van der Waals surface area contributed by atoms with Crippen molar-refractivity contribution in [1.82, 2.24) is 15.5 Å². The maximum absolute atomic E-state index is 12.4. The Balaban J connectivity index is 1.62. The van der Waals surface area contributed by atoms with Gasteiger partial charge in [0.25, 0.3) is 0 Å². The highest BCUT2D eigenvalue weighted by Crippen LogP contribution is 2.28. The highest BCUT2D eigenvalue weighted by atomic mass is 32.2. The summed E-state index contributed by atoms with van der Waals surface area (Å²) in [7, 11) is 0. The number of nitrogens with one attached hydrogen (secondary N) is 2. The molecule has 1 atom stereocenters. The van der Waals surface area contributed by atoms with E-state index < -0.39 is 0 Å². The average molecular weight is 334 g/mol. The fourth-order valence-corrected chi connectivity index (χ4v) is 4.32. The van der Waals surface area contributed by atoms with Crippen LogP contribution in [0.1, 0.15) is 25.0 Å². The molecular weight excluding hydrogens is 316 g/mol. The van der Waals surface area contributed by atoms with Crippen molar-refractivity contribution in [3.05, 3.63) is 35.4 Å². The first-order valence-electron chi connectivity index (χ1n) is 7.23. The van der Waals surface area contributed by atoms with Crippen LogP contribution in [0.3, 0.4) is 0 Å². The van der Waals surface area contributed by atoms with Crippen molar-refractivity contribution in [3.63, 3.8) is 0 Å². The predicted octanol–water partition coefficient (Wildman–Crippen LogP) is 2.69. The molecule has 2 N–H and O–H groups in total. The molecule has 1 amide bonds. The normalized spacial score (nSPS) is 17.3. The number of amides is 1. The van der Waals surface area contributed by atoms with Gasteiger partial charge in [-0.15, -0.1) is 10.2 Å². The highest BCUT2D eigenvalue weighted by molar-refractivity contribution is 8.01. The van der Waals surface area contributed by atoms with Crippen molar-refractivity contribution in [2.45, 2.75) is 42.4 Å². The fraction of sp³-hybridized carbons (Fsp3) is 0.400. The van der Waals surface area contributed by atoms with Gasteiger partial charge in [0.1, 0.15) is 0 Å². The average Bonchev–Trinajstić information content (AvgIpc) is 2.93. The number of aromatic nitrogens is 2. The van der Waals surface area contributed by atoms with E-state index in [1.807, 2.05) is 12.1 Å². The van der Waals surface area contributed by atoms with Crippen molar-refractivity contribution in [1.29, 1.82) is 0 Å². The van der Waals surface area contributed by atoms with Gasteiger partial charge in [0, 0.05) is 11.8 Å². The van der Waals surface area contributed by atoms with Gasteiger partial charge in [-0.05, 0) is 17.5 Å². The second kappa shape index (κ2) is 6.76. The minimum atomic E-state index is -0.222. The molecule has 1 aromatic heterocycles. The number of benzene rings is 1. The van der Waals surface area contributed by atoms with E-state index in [9.17, 15) is 4.79 Å². The molecule has 0 spiro atoms. The van der Waals surface area contributed by atoms with Gasteiger partial charge < -0.3 is 5.32 Å². The van der Waals surface area contributed by atoms with E-state index in [2.05, 4.69) is 46.8 Å². The minimum absolute atomic E-state index is 0.0493. The molecule has 1 aliphatic rings. The quantitative estimate of drug-likeness (QED) is 0.665. The third kappa shape index (κ3) is 3.66. The van der Waals surface area contributed by atoms with Gasteiger partial charge in [0.05, 0.1) is 6.04 Å². The van der Waals surface area contributed by atoms with E-state index in [1.165, 1.54) is 22.5 Å². The highest BCUT2D eigenvalue weighted by Gasteiger charge is 2.24. The number of hydrogen-bond donors (Lipinski definition) is 2. The molecule has 0 unspecified atom stereocenters. The Kier molecular flexibility index (Phi) is 4.75. The number of thioether (sulfide) groups is 1. The minimum Gasteiger partial charge on any atom is -0.301 e. The molecular formula is C15H18N4OS2. The lowest BCUT2D eigenvalue weighted by Gasteiger charge is -2.24. The molecule has 116 valence electrons. The van der Waals surface area contributed by atoms with Gasteiger partial charge in [-0.1, -0.05) is 61.2 Å². The SMILES string of the molecule is CC(C)Sc1nnc(NC(=O)[C@H]2Cc3ccccc3CN2)s1. The summed E-state index contributed by atoms with van der Waals surface area (Å²) in [4.78, 5) is 12.4. The molecule has 0 aliphatic carbocycles. The van der Waals surface area contributed by atoms with Crippen LogP contribution in [0.15, 0.2) is 28.6 Å². The monoisotopic (exact) mass is 334 g/mol. The number of nitrogens with zero attached hydrogens (tertiary/aromatic N) is 2. The van der Waals surface area contributed by atoms with Crippen LogP contribution in [0.4, 0.5) is 5.13 Å². The summed E-state index contributed by atoms with van der Waals surface area (Å²) in [6.45, 7) is 4.93. The molecule has 0 saturated heterocycles. The van der Waals surface area contributed by atoms with Crippen LogP contribution in [-0.4, -0.2) is 27.4 Å². The van der Waals surface area contributed by atoms with Crippen molar-refractivity contribution in [2.24, 2.45) is 0 Å². The number of carbonyl (C=O) groups excluding carboxylic acids is 1. The molecule has 0 radical (unpaired) electrons. The predicted molar refractivity (Wildman–Crippen MR) is 90.3 cm³/mol. The second-order valence-electron chi connectivity index (χ2n) is 5.44. The topological polar surface area (TPSA) is 66.9 Å². The summed E-state index contributed by atoms with van der Waals surface area (Å²) in [5.74, 6) is -0.0493. The van der Waals surface area contributed by atoms with Crippen molar-refractivity contribution >= 4 is 34.1 Å². The van der Waals surface area contributed by atoms with Crippen molar-refractivity contribution in [3.8, 4) is 0 Å². The number of rotatable bonds is 4. The largest absolute Gasteiger partial charge is 0.301 e. The standard InChI is InChI=1S/C15H18N4OS2/c1-9(2)21-15-19-18-14(22-15)17-13(20)12-7-10-5-3-4-6-11(10)8-16-12/h3-6,9,12,16H,7-8H2,1-2H3,(H,17,18,20)/t12-/m1/s1. The lowest BCUT2D eigenvalue weighted by Crippen LogP contribution is -2.44. The summed E-state index contributed by atoms with van der Waals surface area (Å²) in [5, 5.41) is 15.3. The summed E-state index contributed by atoms with van der Waals surface area (Å²) < 4.78 is 0.882.